The van der Waals surface area contributed by atoms with E-state index >= 15 is 0 Å². The molecule has 0 saturated heterocycles. The molecule has 0 unspecified atom stereocenters. The van der Waals surface area contributed by atoms with Gasteiger partial charge in [-0.05, 0) is 19.3 Å². The van der Waals surface area contributed by atoms with Crippen molar-refractivity contribution in [3.05, 3.63) is 0 Å². The second kappa shape index (κ2) is 7.60. The second-order valence-corrected chi connectivity index (χ2v) is 7.24. The predicted molar refractivity (Wildman–Crippen MR) is 79.4 cm³/mol. The maximum Gasteiger partial charge on any atom is 0.233 e. The number of carbonyl (C=O) groups excluding carboxylic acids is 1. The Labute approximate surface area is 125 Å². The standard InChI is InChI=1S/C12H24N4O4S/c1-21(19,20)15-9-5-8-14-11(17)12(10(13)16-18)6-3-2-4-7-12/h15,18H,2-9H2,1H3,(H2,13,16)(H,14,17). The maximum atomic E-state index is 12.4. The third kappa shape index (κ3) is 5.16. The topological polar surface area (TPSA) is 134 Å². The summed E-state index contributed by atoms with van der Waals surface area (Å²) in [4.78, 5) is 12.4. The van der Waals surface area contributed by atoms with Crippen molar-refractivity contribution < 1.29 is 18.4 Å². The summed E-state index contributed by atoms with van der Waals surface area (Å²) in [5.74, 6) is -0.300. The van der Waals surface area contributed by atoms with Crippen molar-refractivity contribution in [3.8, 4) is 0 Å². The van der Waals surface area contributed by atoms with Crippen molar-refractivity contribution in [2.24, 2.45) is 16.3 Å². The number of hydrogen-bond acceptors (Lipinski definition) is 5. The normalized spacial score (nSPS) is 19.2. The Bertz CT molecular complexity index is 483. The number of nitrogens with one attached hydrogen (secondary N) is 2. The molecule has 1 fully saturated rings. The number of rotatable bonds is 7. The van der Waals surface area contributed by atoms with Crippen LogP contribution in [0.1, 0.15) is 38.5 Å². The Morgan fingerprint density at radius 3 is 2.43 bits per heavy atom. The largest absolute Gasteiger partial charge is 0.409 e. The zero-order valence-electron chi connectivity index (χ0n) is 12.3. The van der Waals surface area contributed by atoms with E-state index < -0.39 is 15.4 Å². The van der Waals surface area contributed by atoms with Crippen molar-refractivity contribution >= 4 is 21.8 Å². The van der Waals surface area contributed by atoms with Gasteiger partial charge in [-0.2, -0.15) is 0 Å². The molecule has 0 radical (unpaired) electrons. The molecule has 21 heavy (non-hydrogen) atoms. The van der Waals surface area contributed by atoms with Gasteiger partial charge >= 0.3 is 0 Å². The van der Waals surface area contributed by atoms with Crippen LogP contribution < -0.4 is 15.8 Å². The zero-order chi connectivity index (χ0) is 15.9. The minimum Gasteiger partial charge on any atom is -0.409 e. The van der Waals surface area contributed by atoms with Crippen molar-refractivity contribution in [1.82, 2.24) is 10.0 Å². The van der Waals surface area contributed by atoms with Crippen molar-refractivity contribution in [3.63, 3.8) is 0 Å². The van der Waals surface area contributed by atoms with Gasteiger partial charge in [0, 0.05) is 13.1 Å². The van der Waals surface area contributed by atoms with E-state index in [0.717, 1.165) is 25.5 Å². The van der Waals surface area contributed by atoms with Crippen LogP contribution in [-0.2, 0) is 14.8 Å². The van der Waals surface area contributed by atoms with E-state index in [0.29, 0.717) is 25.8 Å². The lowest BCUT2D eigenvalue weighted by Gasteiger charge is -2.34. The monoisotopic (exact) mass is 320 g/mol. The Morgan fingerprint density at radius 1 is 1.29 bits per heavy atom. The van der Waals surface area contributed by atoms with E-state index in [2.05, 4.69) is 15.2 Å². The lowest BCUT2D eigenvalue weighted by molar-refractivity contribution is -0.129. The molecule has 0 aromatic heterocycles. The Kier molecular flexibility index (Phi) is 6.41. The molecule has 0 spiro atoms. The van der Waals surface area contributed by atoms with Gasteiger partial charge in [-0.15, -0.1) is 0 Å². The maximum absolute atomic E-state index is 12.4. The molecular formula is C12H24N4O4S. The highest BCUT2D eigenvalue weighted by Gasteiger charge is 2.43. The van der Waals surface area contributed by atoms with Gasteiger partial charge in [-0.1, -0.05) is 24.4 Å². The Balaban J connectivity index is 2.51. The van der Waals surface area contributed by atoms with Crippen LogP contribution in [0.25, 0.3) is 0 Å². The molecule has 0 bridgehead atoms. The Hall–Kier alpha value is -1.35. The number of nitrogens with two attached hydrogens (primary N) is 1. The SMILES string of the molecule is CS(=O)(=O)NCCCNC(=O)C1(C(N)=NO)CCCCC1. The summed E-state index contributed by atoms with van der Waals surface area (Å²) in [6, 6.07) is 0. The van der Waals surface area contributed by atoms with Crippen molar-refractivity contribution in [2.45, 2.75) is 38.5 Å². The molecule has 1 aliphatic rings. The quantitative estimate of drug-likeness (QED) is 0.168. The first-order valence-electron chi connectivity index (χ1n) is 7.03. The van der Waals surface area contributed by atoms with Crippen molar-refractivity contribution in [2.75, 3.05) is 19.3 Å². The van der Waals surface area contributed by atoms with E-state index in [1.165, 1.54) is 0 Å². The number of oxime groups is 1. The molecule has 0 aromatic rings. The zero-order valence-corrected chi connectivity index (χ0v) is 13.1. The first-order chi connectivity index (χ1) is 9.82. The van der Waals surface area contributed by atoms with E-state index in [1.54, 1.807) is 0 Å². The lowest BCUT2D eigenvalue weighted by Crippen LogP contribution is -2.51. The average molecular weight is 320 g/mol. The molecule has 9 heteroatoms. The third-order valence-corrected chi connectivity index (χ3v) is 4.47. The molecule has 8 nitrogen and oxygen atoms in total. The summed E-state index contributed by atoms with van der Waals surface area (Å²) in [5, 5.41) is 14.7. The van der Waals surface area contributed by atoms with Crippen LogP contribution in [0.4, 0.5) is 0 Å². The molecule has 1 aliphatic carbocycles. The minimum atomic E-state index is -3.21. The summed E-state index contributed by atoms with van der Waals surface area (Å²) in [5.41, 5.74) is 4.79. The van der Waals surface area contributed by atoms with Gasteiger partial charge < -0.3 is 16.3 Å². The number of carbonyl (C=O) groups is 1. The minimum absolute atomic E-state index is 0.0473. The predicted octanol–water partition coefficient (Wildman–Crippen LogP) is -0.261. The third-order valence-electron chi connectivity index (χ3n) is 3.74. The van der Waals surface area contributed by atoms with Crippen molar-refractivity contribution in [1.29, 1.82) is 0 Å². The van der Waals surface area contributed by atoms with E-state index in [-0.39, 0.29) is 18.3 Å². The molecule has 1 saturated carbocycles. The summed E-state index contributed by atoms with van der Waals surface area (Å²) in [6.45, 7) is 0.595. The van der Waals surface area contributed by atoms with Gasteiger partial charge in [0.1, 0.15) is 5.41 Å². The number of amidine groups is 1. The lowest BCUT2D eigenvalue weighted by atomic mass is 9.72. The van der Waals surface area contributed by atoms with Crippen LogP contribution in [-0.4, -0.2) is 44.7 Å². The van der Waals surface area contributed by atoms with Gasteiger partial charge in [-0.3, -0.25) is 4.79 Å². The van der Waals surface area contributed by atoms with Crippen LogP contribution in [0.5, 0.6) is 0 Å². The molecule has 0 atom stereocenters. The fourth-order valence-corrected chi connectivity index (χ4v) is 3.08. The van der Waals surface area contributed by atoms with E-state index in [9.17, 15) is 13.2 Å². The molecular weight excluding hydrogens is 296 g/mol. The molecule has 5 N–H and O–H groups in total. The van der Waals surface area contributed by atoms with Crippen LogP contribution in [0.2, 0.25) is 0 Å². The molecule has 0 aromatic carbocycles. The molecule has 0 heterocycles. The highest BCUT2D eigenvalue weighted by atomic mass is 32.2. The van der Waals surface area contributed by atoms with E-state index in [4.69, 9.17) is 10.9 Å². The summed E-state index contributed by atoms with van der Waals surface area (Å²) in [7, 11) is -3.21. The van der Waals surface area contributed by atoms with Gasteiger partial charge in [0.15, 0.2) is 5.84 Å². The molecule has 122 valence electrons. The number of hydrogen-bond donors (Lipinski definition) is 4. The van der Waals surface area contributed by atoms with Crippen LogP contribution >= 0.6 is 0 Å². The number of sulfonamides is 1. The highest BCUT2D eigenvalue weighted by molar-refractivity contribution is 7.88. The van der Waals surface area contributed by atoms with Crippen LogP contribution in [0.3, 0.4) is 0 Å². The van der Waals surface area contributed by atoms with Crippen LogP contribution in [0.15, 0.2) is 5.16 Å². The molecule has 1 amide bonds. The average Bonchev–Trinajstić information content (AvgIpc) is 2.45. The van der Waals surface area contributed by atoms with Gasteiger partial charge in [0.05, 0.1) is 6.26 Å². The fourth-order valence-electron chi connectivity index (χ4n) is 2.57. The number of nitrogens with zero attached hydrogens (tertiary/aromatic N) is 1. The first-order valence-corrected chi connectivity index (χ1v) is 8.92. The molecule has 1 rings (SSSR count). The number of amides is 1. The smallest absolute Gasteiger partial charge is 0.233 e. The summed E-state index contributed by atoms with van der Waals surface area (Å²) >= 11 is 0. The Morgan fingerprint density at radius 2 is 1.90 bits per heavy atom. The first kappa shape index (κ1) is 17.7. The second-order valence-electron chi connectivity index (χ2n) is 5.40. The van der Waals surface area contributed by atoms with Gasteiger partial charge in [-0.25, -0.2) is 13.1 Å². The van der Waals surface area contributed by atoms with E-state index in [1.807, 2.05) is 0 Å². The van der Waals surface area contributed by atoms with Gasteiger partial charge in [0.2, 0.25) is 15.9 Å². The van der Waals surface area contributed by atoms with Gasteiger partial charge in [0.25, 0.3) is 0 Å². The fraction of sp³-hybridized carbons (Fsp3) is 0.833. The summed E-state index contributed by atoms with van der Waals surface area (Å²) < 4.78 is 24.1. The summed E-state index contributed by atoms with van der Waals surface area (Å²) in [6.07, 6.45) is 5.45. The highest BCUT2D eigenvalue weighted by Crippen LogP contribution is 2.36. The van der Waals surface area contributed by atoms with Crippen LogP contribution in [0, 0.1) is 5.41 Å². The molecule has 0 aliphatic heterocycles.